The minimum absolute atomic E-state index is 0.510. The average molecular weight is 256 g/mol. The van der Waals surface area contributed by atoms with E-state index in [9.17, 15) is 5.26 Å². The molecule has 0 radical (unpaired) electrons. The van der Waals surface area contributed by atoms with Gasteiger partial charge in [0.1, 0.15) is 11.9 Å². The highest BCUT2D eigenvalue weighted by Gasteiger charge is 2.24. The van der Waals surface area contributed by atoms with Gasteiger partial charge in [0, 0.05) is 24.8 Å². The van der Waals surface area contributed by atoms with E-state index in [0.717, 1.165) is 43.7 Å². The number of hydrogen-bond acceptors (Lipinski definition) is 4. The first-order valence-electron chi connectivity index (χ1n) is 7.17. The van der Waals surface area contributed by atoms with Gasteiger partial charge < -0.3 is 10.2 Å². The van der Waals surface area contributed by atoms with Gasteiger partial charge in [-0.2, -0.15) is 5.26 Å². The van der Waals surface area contributed by atoms with Crippen molar-refractivity contribution in [2.24, 2.45) is 0 Å². The van der Waals surface area contributed by atoms with Gasteiger partial charge >= 0.3 is 0 Å². The number of likely N-dealkylation sites (N-methyl/N-ethyl adjacent to an activating group) is 1. The zero-order chi connectivity index (χ0) is 13.2. The molecule has 1 saturated heterocycles. The lowest BCUT2D eigenvalue weighted by Crippen LogP contribution is -2.45. The van der Waals surface area contributed by atoms with Crippen LogP contribution in [-0.4, -0.2) is 31.2 Å². The van der Waals surface area contributed by atoms with E-state index in [-0.39, 0.29) is 0 Å². The summed E-state index contributed by atoms with van der Waals surface area (Å²) in [5, 5.41) is 12.7. The second-order valence-corrected chi connectivity index (χ2v) is 5.50. The summed E-state index contributed by atoms with van der Waals surface area (Å²) in [6.07, 6.45) is 5.69. The smallest absolute Gasteiger partial charge is 0.146 e. The number of nitrogens with zero attached hydrogens (tertiary/aromatic N) is 3. The molecule has 0 bridgehead atoms. The third-order valence-corrected chi connectivity index (χ3v) is 4.28. The van der Waals surface area contributed by atoms with E-state index >= 15 is 0 Å². The fourth-order valence-electron chi connectivity index (χ4n) is 3.19. The molecule has 1 unspecified atom stereocenters. The Kier molecular flexibility index (Phi) is 3.39. The Bertz CT molecular complexity index is 518. The molecule has 1 atom stereocenters. The molecular weight excluding hydrogens is 236 g/mol. The summed E-state index contributed by atoms with van der Waals surface area (Å²) < 4.78 is 0. The first kappa shape index (κ1) is 12.4. The Balaban J connectivity index is 1.93. The van der Waals surface area contributed by atoms with Crippen LogP contribution in [0, 0.1) is 11.3 Å². The van der Waals surface area contributed by atoms with Crippen molar-refractivity contribution in [1.82, 2.24) is 10.3 Å². The Morgan fingerprint density at radius 2 is 2.32 bits per heavy atom. The monoisotopic (exact) mass is 256 g/mol. The summed E-state index contributed by atoms with van der Waals surface area (Å²) in [4.78, 5) is 7.07. The van der Waals surface area contributed by atoms with E-state index in [4.69, 9.17) is 4.98 Å². The summed E-state index contributed by atoms with van der Waals surface area (Å²) in [7, 11) is 2.01. The van der Waals surface area contributed by atoms with Gasteiger partial charge in [0.25, 0.3) is 0 Å². The molecule has 0 saturated carbocycles. The predicted octanol–water partition coefficient (Wildman–Crippen LogP) is 1.63. The lowest BCUT2D eigenvalue weighted by Gasteiger charge is -2.34. The van der Waals surface area contributed by atoms with Gasteiger partial charge in [0.15, 0.2) is 0 Å². The number of aromatic nitrogens is 1. The summed E-state index contributed by atoms with van der Waals surface area (Å²) >= 11 is 0. The molecule has 0 amide bonds. The minimum Gasteiger partial charge on any atom is -0.354 e. The Morgan fingerprint density at radius 3 is 3.11 bits per heavy atom. The number of rotatable bonds is 2. The van der Waals surface area contributed by atoms with Crippen LogP contribution in [0.1, 0.15) is 36.1 Å². The number of fused-ring (bicyclic) bond motifs is 1. The van der Waals surface area contributed by atoms with Gasteiger partial charge in [0.2, 0.25) is 0 Å². The first-order valence-corrected chi connectivity index (χ1v) is 7.17. The lowest BCUT2D eigenvalue weighted by atomic mass is 10.0. The molecule has 1 aliphatic heterocycles. The maximum Gasteiger partial charge on any atom is 0.146 e. The Hall–Kier alpha value is -1.60. The summed E-state index contributed by atoms with van der Waals surface area (Å²) in [6, 6.07) is 4.90. The van der Waals surface area contributed by atoms with E-state index in [2.05, 4.69) is 22.4 Å². The van der Waals surface area contributed by atoms with Crippen molar-refractivity contribution in [2.45, 2.75) is 38.1 Å². The van der Waals surface area contributed by atoms with E-state index in [1.54, 1.807) is 0 Å². The van der Waals surface area contributed by atoms with E-state index in [1.807, 2.05) is 7.05 Å². The summed E-state index contributed by atoms with van der Waals surface area (Å²) in [5.74, 6) is 0.906. The first-order chi connectivity index (χ1) is 9.31. The van der Waals surface area contributed by atoms with Gasteiger partial charge in [-0.25, -0.2) is 4.98 Å². The predicted molar refractivity (Wildman–Crippen MR) is 75.3 cm³/mol. The number of nitriles is 1. The average Bonchev–Trinajstić information content (AvgIpc) is 2.93. The third kappa shape index (κ3) is 2.31. The SMILES string of the molecule is CNC1CCCN(c2nc3c(cc2C#N)CCC3)C1. The Labute approximate surface area is 114 Å². The molecule has 2 aliphatic rings. The molecular formula is C15H20N4. The molecule has 1 aromatic heterocycles. The molecule has 3 rings (SSSR count). The van der Waals surface area contributed by atoms with Crippen LogP contribution < -0.4 is 10.2 Å². The van der Waals surface area contributed by atoms with Crippen LogP contribution in [0.15, 0.2) is 6.07 Å². The van der Waals surface area contributed by atoms with Crippen molar-refractivity contribution in [3.63, 3.8) is 0 Å². The lowest BCUT2D eigenvalue weighted by molar-refractivity contribution is 0.447. The molecule has 0 spiro atoms. The fraction of sp³-hybridized carbons (Fsp3) is 0.600. The second-order valence-electron chi connectivity index (χ2n) is 5.50. The van der Waals surface area contributed by atoms with E-state index < -0.39 is 0 Å². The number of nitrogens with one attached hydrogen (secondary N) is 1. The third-order valence-electron chi connectivity index (χ3n) is 4.28. The molecule has 1 N–H and O–H groups in total. The normalized spacial score (nSPS) is 22.1. The van der Waals surface area contributed by atoms with Crippen LogP contribution >= 0.6 is 0 Å². The zero-order valence-corrected chi connectivity index (χ0v) is 11.4. The van der Waals surface area contributed by atoms with Crippen molar-refractivity contribution < 1.29 is 0 Å². The molecule has 1 aliphatic carbocycles. The van der Waals surface area contributed by atoms with Gasteiger partial charge in [0.05, 0.1) is 5.56 Å². The molecule has 4 heteroatoms. The van der Waals surface area contributed by atoms with Gasteiger partial charge in [-0.3, -0.25) is 0 Å². The topological polar surface area (TPSA) is 52.0 Å². The van der Waals surface area contributed by atoms with E-state index in [0.29, 0.717) is 6.04 Å². The maximum absolute atomic E-state index is 9.37. The maximum atomic E-state index is 9.37. The number of pyridine rings is 1. The summed E-state index contributed by atoms with van der Waals surface area (Å²) in [5.41, 5.74) is 3.24. The highest BCUT2D eigenvalue weighted by atomic mass is 15.2. The molecule has 0 aromatic carbocycles. The van der Waals surface area contributed by atoms with Crippen molar-refractivity contribution >= 4 is 5.82 Å². The molecule has 4 nitrogen and oxygen atoms in total. The fourth-order valence-corrected chi connectivity index (χ4v) is 3.19. The van der Waals surface area contributed by atoms with Crippen LogP contribution in [0.2, 0.25) is 0 Å². The number of piperidine rings is 1. The number of anilines is 1. The zero-order valence-electron chi connectivity index (χ0n) is 11.4. The highest BCUT2D eigenvalue weighted by Crippen LogP contribution is 2.28. The van der Waals surface area contributed by atoms with Crippen LogP contribution in [0.5, 0.6) is 0 Å². The minimum atomic E-state index is 0.510. The van der Waals surface area contributed by atoms with Crippen LogP contribution in [-0.2, 0) is 12.8 Å². The van der Waals surface area contributed by atoms with E-state index in [1.165, 1.54) is 24.1 Å². The molecule has 1 aromatic rings. The number of hydrogen-bond donors (Lipinski definition) is 1. The quantitative estimate of drug-likeness (QED) is 0.874. The van der Waals surface area contributed by atoms with Gasteiger partial charge in [-0.05, 0) is 50.8 Å². The Morgan fingerprint density at radius 1 is 1.42 bits per heavy atom. The molecule has 100 valence electrons. The van der Waals surface area contributed by atoms with Crippen LogP contribution in [0.3, 0.4) is 0 Å². The largest absolute Gasteiger partial charge is 0.354 e. The summed E-state index contributed by atoms with van der Waals surface area (Å²) in [6.45, 7) is 1.97. The van der Waals surface area contributed by atoms with Crippen LogP contribution in [0.25, 0.3) is 0 Å². The van der Waals surface area contributed by atoms with Crippen LogP contribution in [0.4, 0.5) is 5.82 Å². The highest BCUT2D eigenvalue weighted by molar-refractivity contribution is 5.57. The molecule has 19 heavy (non-hydrogen) atoms. The van der Waals surface area contributed by atoms with Crippen molar-refractivity contribution in [3.05, 3.63) is 22.9 Å². The standard InChI is InChI=1S/C15H20N4/c1-17-13-5-3-7-19(10-13)15-12(9-16)8-11-4-2-6-14(11)18-15/h8,13,17H,2-7,10H2,1H3. The van der Waals surface area contributed by atoms with Gasteiger partial charge in [-0.15, -0.1) is 0 Å². The van der Waals surface area contributed by atoms with Crippen molar-refractivity contribution in [2.75, 3.05) is 25.0 Å². The molecule has 1 fully saturated rings. The van der Waals surface area contributed by atoms with Crippen molar-refractivity contribution in [1.29, 1.82) is 5.26 Å². The number of aryl methyl sites for hydroxylation is 2. The molecule has 2 heterocycles. The van der Waals surface area contributed by atoms with Gasteiger partial charge in [-0.1, -0.05) is 0 Å². The second kappa shape index (κ2) is 5.18. The van der Waals surface area contributed by atoms with Crippen molar-refractivity contribution in [3.8, 4) is 6.07 Å².